The first-order valence-electron chi connectivity index (χ1n) is 6.24. The van der Waals surface area contributed by atoms with Gasteiger partial charge in [0, 0.05) is 18.3 Å². The number of rotatable bonds is 6. The number of benzene rings is 1. The summed E-state index contributed by atoms with van der Waals surface area (Å²) in [6, 6.07) is 3.59. The van der Waals surface area contributed by atoms with Gasteiger partial charge in [-0.05, 0) is 31.4 Å². The molecule has 0 saturated carbocycles. The molecule has 0 radical (unpaired) electrons. The molecule has 6 nitrogen and oxygen atoms in total. The van der Waals surface area contributed by atoms with Crippen molar-refractivity contribution in [2.45, 2.75) is 19.8 Å². The lowest BCUT2D eigenvalue weighted by molar-refractivity contribution is -0.385. The van der Waals surface area contributed by atoms with Gasteiger partial charge in [0.15, 0.2) is 5.82 Å². The van der Waals surface area contributed by atoms with Crippen LogP contribution in [0.25, 0.3) is 0 Å². The number of hydrogen-bond donors (Lipinski definition) is 2. The number of nitrogens with zero attached hydrogens (tertiary/aromatic N) is 2. The van der Waals surface area contributed by atoms with Crippen LogP contribution in [0.4, 0.5) is 15.8 Å². The van der Waals surface area contributed by atoms with E-state index < -0.39 is 10.7 Å². The predicted molar refractivity (Wildman–Crippen MR) is 73.2 cm³/mol. The maximum Gasteiger partial charge on any atom is 0.272 e. The monoisotopic (exact) mass is 278 g/mol. The van der Waals surface area contributed by atoms with Crippen molar-refractivity contribution in [3.63, 3.8) is 0 Å². The van der Waals surface area contributed by atoms with E-state index in [2.05, 4.69) is 15.5 Å². The summed E-state index contributed by atoms with van der Waals surface area (Å²) in [5.74, 6) is -0.612. The van der Waals surface area contributed by atoms with Crippen LogP contribution in [-0.4, -0.2) is 21.7 Å². The van der Waals surface area contributed by atoms with Gasteiger partial charge in [0.1, 0.15) is 0 Å². The Balaban J connectivity index is 1.85. The molecule has 1 aromatic carbocycles. The third-order valence-electron chi connectivity index (χ3n) is 3.04. The SMILES string of the molecule is Cc1[nH]ncc1CCCNc1ccc([N+](=O)[O-])cc1F. The molecule has 0 saturated heterocycles. The molecular weight excluding hydrogens is 263 g/mol. The van der Waals surface area contributed by atoms with Crippen LogP contribution >= 0.6 is 0 Å². The molecule has 0 aliphatic heterocycles. The van der Waals surface area contributed by atoms with Crippen molar-refractivity contribution < 1.29 is 9.31 Å². The van der Waals surface area contributed by atoms with E-state index in [0.29, 0.717) is 6.54 Å². The Morgan fingerprint density at radius 1 is 1.50 bits per heavy atom. The fraction of sp³-hybridized carbons (Fsp3) is 0.308. The minimum absolute atomic E-state index is 0.248. The Morgan fingerprint density at radius 3 is 2.90 bits per heavy atom. The summed E-state index contributed by atoms with van der Waals surface area (Å²) in [6.07, 6.45) is 3.43. The van der Waals surface area contributed by atoms with Gasteiger partial charge >= 0.3 is 0 Å². The van der Waals surface area contributed by atoms with Gasteiger partial charge in [0.05, 0.1) is 22.9 Å². The van der Waals surface area contributed by atoms with Crippen LogP contribution in [-0.2, 0) is 6.42 Å². The van der Waals surface area contributed by atoms with Gasteiger partial charge in [0.2, 0.25) is 0 Å². The molecular formula is C13H15FN4O2. The highest BCUT2D eigenvalue weighted by molar-refractivity contribution is 5.50. The maximum atomic E-state index is 13.6. The molecule has 0 atom stereocenters. The number of hydrogen-bond acceptors (Lipinski definition) is 4. The molecule has 2 N–H and O–H groups in total. The van der Waals surface area contributed by atoms with Gasteiger partial charge in [-0.25, -0.2) is 4.39 Å². The number of anilines is 1. The number of aromatic nitrogens is 2. The Kier molecular flexibility index (Phi) is 4.29. The number of nitro benzene ring substituents is 1. The lowest BCUT2D eigenvalue weighted by atomic mass is 10.1. The smallest absolute Gasteiger partial charge is 0.272 e. The molecule has 0 aliphatic rings. The molecule has 0 fully saturated rings. The van der Waals surface area contributed by atoms with Crippen molar-refractivity contribution in [1.29, 1.82) is 0 Å². The second-order valence-electron chi connectivity index (χ2n) is 4.47. The van der Waals surface area contributed by atoms with E-state index in [9.17, 15) is 14.5 Å². The highest BCUT2D eigenvalue weighted by Crippen LogP contribution is 2.20. The van der Waals surface area contributed by atoms with Crippen molar-refractivity contribution in [3.05, 3.63) is 51.6 Å². The van der Waals surface area contributed by atoms with E-state index >= 15 is 0 Å². The molecule has 0 amide bonds. The Hall–Kier alpha value is -2.44. The second kappa shape index (κ2) is 6.14. The molecule has 0 aliphatic carbocycles. The van der Waals surface area contributed by atoms with Crippen molar-refractivity contribution in [2.24, 2.45) is 0 Å². The van der Waals surface area contributed by atoms with E-state index in [1.807, 2.05) is 6.92 Å². The van der Waals surface area contributed by atoms with Gasteiger partial charge in [-0.2, -0.15) is 5.10 Å². The quantitative estimate of drug-likeness (QED) is 0.483. The van der Waals surface area contributed by atoms with E-state index in [4.69, 9.17) is 0 Å². The fourth-order valence-electron chi connectivity index (χ4n) is 1.89. The number of halogens is 1. The van der Waals surface area contributed by atoms with Crippen LogP contribution in [0.2, 0.25) is 0 Å². The number of nitro groups is 1. The first kappa shape index (κ1) is 14.0. The van der Waals surface area contributed by atoms with Gasteiger partial charge in [0.25, 0.3) is 5.69 Å². The molecule has 7 heteroatoms. The highest BCUT2D eigenvalue weighted by Gasteiger charge is 2.10. The zero-order chi connectivity index (χ0) is 14.5. The molecule has 2 rings (SSSR count). The van der Waals surface area contributed by atoms with Crippen LogP contribution in [0.5, 0.6) is 0 Å². The van der Waals surface area contributed by atoms with Crippen LogP contribution < -0.4 is 5.32 Å². The van der Waals surface area contributed by atoms with Gasteiger partial charge in [-0.15, -0.1) is 0 Å². The minimum atomic E-state index is -0.617. The normalized spacial score (nSPS) is 10.5. The number of aromatic amines is 1. The Bertz CT molecular complexity index is 612. The average molecular weight is 278 g/mol. The standard InChI is InChI=1S/C13H15FN4O2/c1-9-10(8-16-17-9)3-2-6-15-13-5-4-11(18(19)20)7-12(13)14/h4-5,7-8,15H,2-3,6H2,1H3,(H,16,17). The topological polar surface area (TPSA) is 83.8 Å². The van der Waals surface area contributed by atoms with Crippen molar-refractivity contribution in [1.82, 2.24) is 10.2 Å². The molecule has 1 aromatic heterocycles. The summed E-state index contributed by atoms with van der Waals surface area (Å²) >= 11 is 0. The van der Waals surface area contributed by atoms with E-state index in [1.165, 1.54) is 12.1 Å². The number of non-ortho nitro benzene ring substituents is 1. The second-order valence-corrected chi connectivity index (χ2v) is 4.47. The zero-order valence-corrected chi connectivity index (χ0v) is 11.0. The van der Waals surface area contributed by atoms with Crippen LogP contribution in [0.3, 0.4) is 0 Å². The van der Waals surface area contributed by atoms with Gasteiger partial charge in [-0.1, -0.05) is 0 Å². The molecule has 0 unspecified atom stereocenters. The molecule has 0 spiro atoms. The van der Waals surface area contributed by atoms with E-state index in [1.54, 1.807) is 6.20 Å². The van der Waals surface area contributed by atoms with E-state index in [0.717, 1.165) is 30.2 Å². The molecule has 20 heavy (non-hydrogen) atoms. The third-order valence-corrected chi connectivity index (χ3v) is 3.04. The molecule has 1 heterocycles. The minimum Gasteiger partial charge on any atom is -0.383 e. The first-order chi connectivity index (χ1) is 9.58. The molecule has 2 aromatic rings. The van der Waals surface area contributed by atoms with Crippen LogP contribution in [0, 0.1) is 22.9 Å². The average Bonchev–Trinajstić information content (AvgIpc) is 2.81. The lowest BCUT2D eigenvalue weighted by Gasteiger charge is -2.07. The summed E-state index contributed by atoms with van der Waals surface area (Å²) in [5, 5.41) is 20.2. The van der Waals surface area contributed by atoms with Gasteiger partial charge in [-0.3, -0.25) is 15.2 Å². The van der Waals surface area contributed by atoms with Crippen LogP contribution in [0.1, 0.15) is 17.7 Å². The van der Waals surface area contributed by atoms with Crippen molar-refractivity contribution in [2.75, 3.05) is 11.9 Å². The zero-order valence-electron chi connectivity index (χ0n) is 11.0. The maximum absolute atomic E-state index is 13.6. The Morgan fingerprint density at radius 2 is 2.30 bits per heavy atom. The van der Waals surface area contributed by atoms with E-state index in [-0.39, 0.29) is 11.4 Å². The largest absolute Gasteiger partial charge is 0.383 e. The first-order valence-corrected chi connectivity index (χ1v) is 6.24. The Labute approximate surface area is 115 Å². The van der Waals surface area contributed by atoms with Crippen molar-refractivity contribution >= 4 is 11.4 Å². The predicted octanol–water partition coefficient (Wildman–Crippen LogP) is 2.81. The van der Waals surface area contributed by atoms with Crippen LogP contribution in [0.15, 0.2) is 24.4 Å². The summed E-state index contributed by atoms with van der Waals surface area (Å²) < 4.78 is 13.6. The number of H-pyrrole nitrogens is 1. The lowest BCUT2D eigenvalue weighted by Crippen LogP contribution is -2.05. The summed E-state index contributed by atoms with van der Waals surface area (Å²) in [6.45, 7) is 2.53. The fourth-order valence-corrected chi connectivity index (χ4v) is 1.89. The molecule has 106 valence electrons. The number of nitrogens with one attached hydrogen (secondary N) is 2. The van der Waals surface area contributed by atoms with Crippen molar-refractivity contribution in [3.8, 4) is 0 Å². The summed E-state index contributed by atoms with van der Waals surface area (Å²) in [4.78, 5) is 9.88. The summed E-state index contributed by atoms with van der Waals surface area (Å²) in [5.41, 5.74) is 2.20. The summed E-state index contributed by atoms with van der Waals surface area (Å²) in [7, 11) is 0. The van der Waals surface area contributed by atoms with Gasteiger partial charge < -0.3 is 5.32 Å². The number of aryl methyl sites for hydroxylation is 2. The molecule has 0 bridgehead atoms. The third kappa shape index (κ3) is 3.31. The highest BCUT2D eigenvalue weighted by atomic mass is 19.1.